The summed E-state index contributed by atoms with van der Waals surface area (Å²) in [6.07, 6.45) is 1.42. The van der Waals surface area contributed by atoms with Gasteiger partial charge >= 0.3 is 0 Å². The second kappa shape index (κ2) is 3.05. The zero-order valence-corrected chi connectivity index (χ0v) is 8.09. The van der Waals surface area contributed by atoms with Crippen LogP contribution in [0.15, 0.2) is 23.4 Å². The lowest BCUT2D eigenvalue weighted by atomic mass is 10.5. The van der Waals surface area contributed by atoms with Crippen molar-refractivity contribution in [3.8, 4) is 0 Å². The van der Waals surface area contributed by atoms with E-state index < -0.39 is 9.05 Å². The fraction of sp³-hybridized carbons (Fsp3) is 0. The molecule has 0 N–H and O–H groups in total. The van der Waals surface area contributed by atoms with Crippen molar-refractivity contribution in [3.63, 3.8) is 0 Å². The summed E-state index contributed by atoms with van der Waals surface area (Å²) < 4.78 is 21.3. The maximum Gasteiger partial charge on any atom is 0.278 e. The molecule has 1 unspecified atom stereocenters. The van der Waals surface area contributed by atoms with Crippen LogP contribution in [0.2, 0.25) is 0 Å². The molecule has 0 bridgehead atoms. The van der Waals surface area contributed by atoms with Crippen LogP contribution >= 0.6 is 19.9 Å². The Balaban J connectivity index is 3.20. The number of rotatable bonds is 1. The highest BCUT2D eigenvalue weighted by atomic mass is 35.7. The molecular weight excluding hydrogens is 205 g/mol. The molecule has 1 aromatic heterocycles. The lowest BCUT2D eigenvalue weighted by molar-refractivity contribution is 0.606. The Morgan fingerprint density at radius 3 is 2.45 bits per heavy atom. The Labute approximate surface area is 71.4 Å². The summed E-state index contributed by atoms with van der Waals surface area (Å²) in [6, 6.07) is 2.96. The molecule has 0 radical (unpaired) electrons. The van der Waals surface area contributed by atoms with E-state index in [1.54, 1.807) is 6.07 Å². The van der Waals surface area contributed by atoms with Crippen LogP contribution in [0.1, 0.15) is 0 Å². The smallest absolute Gasteiger partial charge is 0.243 e. The van der Waals surface area contributed by atoms with Crippen molar-refractivity contribution < 1.29 is 8.42 Å². The summed E-state index contributed by atoms with van der Waals surface area (Å²) in [7, 11) is 3.74. The molecule has 1 heterocycles. The van der Waals surface area contributed by atoms with Gasteiger partial charge in [-0.25, -0.2) is 13.4 Å². The number of nitrogens with zero attached hydrogens (tertiary/aromatic N) is 1. The number of hydrogen-bond donors (Lipinski definition) is 0. The molecule has 0 saturated carbocycles. The summed E-state index contributed by atoms with van der Waals surface area (Å²) in [5, 5.41) is 0.694. The summed E-state index contributed by atoms with van der Waals surface area (Å²) in [6.45, 7) is 0. The zero-order valence-electron chi connectivity index (χ0n) is 5.36. The first kappa shape index (κ1) is 8.91. The molecule has 0 aliphatic rings. The molecule has 0 aliphatic heterocycles. The standard InChI is InChI=1S/C5H5ClNO2PS/c6-11(8,9)5-2-1-4(10)3-7-5/h1-3H,10H2. The fourth-order valence-electron chi connectivity index (χ4n) is 0.536. The highest BCUT2D eigenvalue weighted by Crippen LogP contribution is 2.09. The first-order valence-electron chi connectivity index (χ1n) is 2.66. The number of halogens is 1. The van der Waals surface area contributed by atoms with Crippen molar-refractivity contribution in [3.05, 3.63) is 18.3 Å². The Bertz CT molecular complexity index is 347. The van der Waals surface area contributed by atoms with Gasteiger partial charge in [-0.3, -0.25) is 0 Å². The van der Waals surface area contributed by atoms with Gasteiger partial charge in [0.2, 0.25) is 0 Å². The van der Waals surface area contributed by atoms with E-state index in [0.29, 0.717) is 0 Å². The van der Waals surface area contributed by atoms with Gasteiger partial charge in [-0.15, -0.1) is 9.24 Å². The normalized spacial score (nSPS) is 11.5. The van der Waals surface area contributed by atoms with Gasteiger partial charge in [0.1, 0.15) is 0 Å². The third-order valence-electron chi connectivity index (χ3n) is 1.01. The Morgan fingerprint density at radius 2 is 2.09 bits per heavy atom. The van der Waals surface area contributed by atoms with E-state index in [1.165, 1.54) is 12.3 Å². The molecule has 0 spiro atoms. The molecule has 0 amide bonds. The molecule has 0 aliphatic carbocycles. The van der Waals surface area contributed by atoms with Crippen LogP contribution in [0.3, 0.4) is 0 Å². The van der Waals surface area contributed by atoms with Crippen molar-refractivity contribution in [1.82, 2.24) is 4.98 Å². The van der Waals surface area contributed by atoms with Gasteiger partial charge in [0.15, 0.2) is 5.03 Å². The quantitative estimate of drug-likeness (QED) is 0.500. The van der Waals surface area contributed by atoms with Gasteiger partial charge in [0.05, 0.1) is 0 Å². The molecule has 0 fully saturated rings. The lowest BCUT2D eigenvalue weighted by Crippen LogP contribution is -1.98. The van der Waals surface area contributed by atoms with Gasteiger partial charge in [-0.05, 0) is 11.4 Å². The summed E-state index contributed by atoms with van der Waals surface area (Å²) in [5.74, 6) is 0. The van der Waals surface area contributed by atoms with E-state index in [4.69, 9.17) is 10.7 Å². The third kappa shape index (κ3) is 2.40. The van der Waals surface area contributed by atoms with E-state index in [9.17, 15) is 8.42 Å². The predicted octanol–water partition coefficient (Wildman–Crippen LogP) is 0.509. The average Bonchev–Trinajstić information content (AvgIpc) is 1.86. The van der Waals surface area contributed by atoms with Gasteiger partial charge < -0.3 is 0 Å². The monoisotopic (exact) mass is 209 g/mol. The van der Waals surface area contributed by atoms with Crippen LogP contribution in [0.4, 0.5) is 0 Å². The Morgan fingerprint density at radius 1 is 1.45 bits per heavy atom. The van der Waals surface area contributed by atoms with Crippen LogP contribution in [0.5, 0.6) is 0 Å². The van der Waals surface area contributed by atoms with Crippen LogP contribution < -0.4 is 5.30 Å². The number of pyridine rings is 1. The highest BCUT2D eigenvalue weighted by molar-refractivity contribution is 8.13. The van der Waals surface area contributed by atoms with Crippen molar-refractivity contribution in [2.45, 2.75) is 5.03 Å². The van der Waals surface area contributed by atoms with Gasteiger partial charge in [-0.2, -0.15) is 0 Å². The second-order valence-corrected chi connectivity index (χ2v) is 5.05. The predicted molar refractivity (Wildman–Crippen MR) is 46.6 cm³/mol. The summed E-state index contributed by atoms with van der Waals surface area (Å²) >= 11 is 0. The van der Waals surface area contributed by atoms with E-state index in [-0.39, 0.29) is 5.03 Å². The summed E-state index contributed by atoms with van der Waals surface area (Å²) in [4.78, 5) is 3.61. The van der Waals surface area contributed by atoms with Crippen LogP contribution in [-0.4, -0.2) is 13.4 Å². The largest absolute Gasteiger partial charge is 0.278 e. The third-order valence-corrected chi connectivity index (χ3v) is 2.57. The molecule has 11 heavy (non-hydrogen) atoms. The van der Waals surface area contributed by atoms with Gasteiger partial charge in [-0.1, -0.05) is 6.07 Å². The molecule has 1 atom stereocenters. The van der Waals surface area contributed by atoms with E-state index >= 15 is 0 Å². The summed E-state index contributed by atoms with van der Waals surface area (Å²) in [5.41, 5.74) is 0. The molecule has 0 saturated heterocycles. The maximum absolute atomic E-state index is 10.6. The first-order valence-corrected chi connectivity index (χ1v) is 5.55. The van der Waals surface area contributed by atoms with Crippen LogP contribution in [0.25, 0.3) is 0 Å². The molecule has 3 nitrogen and oxygen atoms in total. The second-order valence-electron chi connectivity index (χ2n) is 1.87. The Kier molecular flexibility index (Phi) is 2.47. The molecule has 6 heteroatoms. The lowest BCUT2D eigenvalue weighted by Gasteiger charge is -1.93. The fourth-order valence-corrected chi connectivity index (χ4v) is 1.39. The van der Waals surface area contributed by atoms with Gasteiger partial charge in [0, 0.05) is 16.9 Å². The van der Waals surface area contributed by atoms with Crippen molar-refractivity contribution in [2.75, 3.05) is 0 Å². The van der Waals surface area contributed by atoms with Crippen molar-refractivity contribution >= 4 is 34.3 Å². The number of aromatic nitrogens is 1. The highest BCUT2D eigenvalue weighted by Gasteiger charge is 2.09. The number of hydrogen-bond acceptors (Lipinski definition) is 3. The van der Waals surface area contributed by atoms with Gasteiger partial charge in [0.25, 0.3) is 9.05 Å². The van der Waals surface area contributed by atoms with Crippen molar-refractivity contribution in [2.24, 2.45) is 0 Å². The first-order chi connectivity index (χ1) is 5.00. The molecule has 0 aromatic carbocycles. The topological polar surface area (TPSA) is 47.0 Å². The minimum Gasteiger partial charge on any atom is -0.243 e. The minimum atomic E-state index is -3.67. The van der Waals surface area contributed by atoms with E-state index in [2.05, 4.69) is 14.2 Å². The van der Waals surface area contributed by atoms with Crippen LogP contribution in [0, 0.1) is 0 Å². The van der Waals surface area contributed by atoms with Crippen molar-refractivity contribution in [1.29, 1.82) is 0 Å². The molecule has 1 aromatic rings. The SMILES string of the molecule is O=S(=O)(Cl)c1ccc(P)cn1. The molecule has 1 rings (SSSR count). The Hall–Kier alpha value is -0.180. The molecule has 60 valence electrons. The van der Waals surface area contributed by atoms with E-state index in [1.807, 2.05) is 0 Å². The van der Waals surface area contributed by atoms with Crippen LogP contribution in [-0.2, 0) is 9.05 Å². The minimum absolute atomic E-state index is 0.120. The zero-order chi connectivity index (χ0) is 8.48. The average molecular weight is 210 g/mol. The maximum atomic E-state index is 10.6. The molecular formula is C5H5ClNO2PS. The van der Waals surface area contributed by atoms with E-state index in [0.717, 1.165) is 5.30 Å².